The van der Waals surface area contributed by atoms with Gasteiger partial charge in [-0.05, 0) is 18.6 Å². The molecule has 0 spiro atoms. The van der Waals surface area contributed by atoms with E-state index in [9.17, 15) is 14.4 Å². The Bertz CT molecular complexity index is 630. The van der Waals surface area contributed by atoms with Crippen LogP contribution in [0.4, 0.5) is 5.69 Å². The second kappa shape index (κ2) is 4.85. The third-order valence-corrected chi connectivity index (χ3v) is 3.86. The normalized spacial score (nSPS) is 24.6. The Balaban J connectivity index is 2.12. The third kappa shape index (κ3) is 2.15. The summed E-state index contributed by atoms with van der Waals surface area (Å²) in [5.41, 5.74) is 6.54. The van der Waals surface area contributed by atoms with E-state index in [1.807, 2.05) is 0 Å². The number of hydrogen-bond acceptors (Lipinski definition) is 4. The number of carboxylic acid groups (broad SMARTS) is 1. The number of para-hydroxylation sites is 1. The van der Waals surface area contributed by atoms with Crippen LogP contribution in [0, 0.1) is 0 Å². The molecule has 2 atom stereocenters. The number of carboxylic acids is 1. The summed E-state index contributed by atoms with van der Waals surface area (Å²) < 4.78 is 0. The molecular formula is C14H15N3O4. The third-order valence-electron chi connectivity index (χ3n) is 3.86. The van der Waals surface area contributed by atoms with Gasteiger partial charge in [0.05, 0.1) is 11.3 Å². The van der Waals surface area contributed by atoms with Crippen LogP contribution in [-0.4, -0.2) is 53.0 Å². The second-order valence-electron chi connectivity index (χ2n) is 5.30. The zero-order valence-corrected chi connectivity index (χ0v) is 11.2. The summed E-state index contributed by atoms with van der Waals surface area (Å²) in [4.78, 5) is 38.9. The summed E-state index contributed by atoms with van der Waals surface area (Å²) in [6.07, 6.45) is 0.356. The van der Waals surface area contributed by atoms with Gasteiger partial charge in [0.2, 0.25) is 5.91 Å². The van der Waals surface area contributed by atoms with Crippen molar-refractivity contribution in [1.29, 1.82) is 0 Å². The number of fused-ring (bicyclic) bond motifs is 2. The van der Waals surface area contributed by atoms with E-state index in [-0.39, 0.29) is 17.9 Å². The highest BCUT2D eigenvalue weighted by atomic mass is 16.4. The molecule has 3 rings (SSSR count). The standard InChI is InChI=1S/C14H15N3O4/c15-8-5-11-14(21)17(7-12(18)19)10-4-2-1-3-9(10)13(20)16(11)6-8/h1-4,8,11H,5-7,15H2,(H,18,19)/t8-,11-/m0/s1. The highest BCUT2D eigenvalue weighted by molar-refractivity contribution is 6.12. The van der Waals surface area contributed by atoms with Gasteiger partial charge in [0.25, 0.3) is 5.91 Å². The number of hydrogen-bond donors (Lipinski definition) is 2. The van der Waals surface area contributed by atoms with Crippen LogP contribution in [0.25, 0.3) is 0 Å². The Morgan fingerprint density at radius 2 is 2.05 bits per heavy atom. The van der Waals surface area contributed by atoms with Gasteiger partial charge >= 0.3 is 5.97 Å². The predicted octanol–water partition coefficient (Wildman–Crippen LogP) is -0.340. The monoisotopic (exact) mass is 289 g/mol. The average Bonchev–Trinajstić information content (AvgIpc) is 2.82. The molecule has 0 saturated carbocycles. The topological polar surface area (TPSA) is 104 Å². The molecule has 0 radical (unpaired) electrons. The lowest BCUT2D eigenvalue weighted by molar-refractivity contribution is -0.137. The number of rotatable bonds is 2. The van der Waals surface area contributed by atoms with Crippen LogP contribution in [0.3, 0.4) is 0 Å². The summed E-state index contributed by atoms with van der Waals surface area (Å²) in [6.45, 7) is -0.160. The Morgan fingerprint density at radius 3 is 2.76 bits per heavy atom. The lowest BCUT2D eigenvalue weighted by Crippen LogP contribution is -2.46. The van der Waals surface area contributed by atoms with Gasteiger partial charge < -0.3 is 15.7 Å². The Labute approximate surface area is 120 Å². The zero-order valence-electron chi connectivity index (χ0n) is 11.2. The van der Waals surface area contributed by atoms with E-state index >= 15 is 0 Å². The molecular weight excluding hydrogens is 274 g/mol. The van der Waals surface area contributed by atoms with Crippen LogP contribution < -0.4 is 10.6 Å². The number of aliphatic carboxylic acids is 1. The maximum absolute atomic E-state index is 12.6. The molecule has 7 nitrogen and oxygen atoms in total. The van der Waals surface area contributed by atoms with E-state index in [1.54, 1.807) is 24.3 Å². The number of carbonyl (C=O) groups is 3. The van der Waals surface area contributed by atoms with Gasteiger partial charge in [-0.15, -0.1) is 0 Å². The van der Waals surface area contributed by atoms with Crippen LogP contribution in [-0.2, 0) is 9.59 Å². The minimum absolute atomic E-state index is 0.264. The lowest BCUT2D eigenvalue weighted by Gasteiger charge is -2.24. The maximum Gasteiger partial charge on any atom is 0.323 e. The van der Waals surface area contributed by atoms with E-state index < -0.39 is 18.6 Å². The molecule has 1 aromatic rings. The van der Waals surface area contributed by atoms with E-state index in [0.29, 0.717) is 24.2 Å². The molecule has 110 valence electrons. The van der Waals surface area contributed by atoms with Gasteiger partial charge in [-0.2, -0.15) is 0 Å². The minimum Gasteiger partial charge on any atom is -0.480 e. The largest absolute Gasteiger partial charge is 0.480 e. The highest BCUT2D eigenvalue weighted by Gasteiger charge is 2.44. The van der Waals surface area contributed by atoms with Gasteiger partial charge in [-0.3, -0.25) is 19.3 Å². The molecule has 1 aromatic carbocycles. The van der Waals surface area contributed by atoms with Crippen molar-refractivity contribution in [2.45, 2.75) is 18.5 Å². The van der Waals surface area contributed by atoms with Crippen molar-refractivity contribution in [3.05, 3.63) is 29.8 Å². The molecule has 2 aliphatic heterocycles. The second-order valence-corrected chi connectivity index (χ2v) is 5.30. The minimum atomic E-state index is -1.12. The SMILES string of the molecule is N[C@H]1C[C@H]2C(=O)N(CC(=O)O)c3ccccc3C(=O)N2C1. The summed E-state index contributed by atoms with van der Waals surface area (Å²) >= 11 is 0. The molecule has 1 saturated heterocycles. The van der Waals surface area contributed by atoms with Crippen LogP contribution >= 0.6 is 0 Å². The number of anilines is 1. The van der Waals surface area contributed by atoms with Crippen molar-refractivity contribution >= 4 is 23.5 Å². The van der Waals surface area contributed by atoms with Crippen LogP contribution in [0.5, 0.6) is 0 Å². The average molecular weight is 289 g/mol. The first kappa shape index (κ1) is 13.6. The molecule has 2 aliphatic rings. The first-order valence-corrected chi connectivity index (χ1v) is 6.68. The number of benzene rings is 1. The van der Waals surface area contributed by atoms with Crippen molar-refractivity contribution in [3.63, 3.8) is 0 Å². The van der Waals surface area contributed by atoms with E-state index in [1.165, 1.54) is 4.90 Å². The zero-order chi connectivity index (χ0) is 15.1. The van der Waals surface area contributed by atoms with Crippen molar-refractivity contribution in [1.82, 2.24) is 4.90 Å². The highest BCUT2D eigenvalue weighted by Crippen LogP contribution is 2.31. The molecule has 21 heavy (non-hydrogen) atoms. The van der Waals surface area contributed by atoms with Gasteiger partial charge in [-0.1, -0.05) is 12.1 Å². The fourth-order valence-electron chi connectivity index (χ4n) is 2.97. The fourth-order valence-corrected chi connectivity index (χ4v) is 2.97. The molecule has 7 heteroatoms. The first-order valence-electron chi connectivity index (χ1n) is 6.68. The van der Waals surface area contributed by atoms with Crippen molar-refractivity contribution < 1.29 is 19.5 Å². The first-order chi connectivity index (χ1) is 9.99. The Hall–Kier alpha value is -2.41. The van der Waals surface area contributed by atoms with Crippen molar-refractivity contribution in [3.8, 4) is 0 Å². The summed E-state index contributed by atoms with van der Waals surface area (Å²) in [5, 5.41) is 9.04. The number of nitrogens with zero attached hydrogens (tertiary/aromatic N) is 2. The molecule has 1 fully saturated rings. The Morgan fingerprint density at radius 1 is 1.33 bits per heavy atom. The lowest BCUT2D eigenvalue weighted by atomic mass is 10.1. The fraction of sp³-hybridized carbons (Fsp3) is 0.357. The maximum atomic E-state index is 12.6. The number of carbonyl (C=O) groups excluding carboxylic acids is 2. The predicted molar refractivity (Wildman–Crippen MR) is 73.8 cm³/mol. The van der Waals surface area contributed by atoms with Gasteiger partial charge in [0.15, 0.2) is 0 Å². The quantitative estimate of drug-likeness (QED) is 0.775. The van der Waals surface area contributed by atoms with Crippen molar-refractivity contribution in [2.24, 2.45) is 5.73 Å². The van der Waals surface area contributed by atoms with Gasteiger partial charge in [0.1, 0.15) is 12.6 Å². The van der Waals surface area contributed by atoms with Gasteiger partial charge in [0, 0.05) is 12.6 Å². The molecule has 3 N–H and O–H groups in total. The molecule has 2 amide bonds. The molecule has 0 bridgehead atoms. The molecule has 0 unspecified atom stereocenters. The van der Waals surface area contributed by atoms with Gasteiger partial charge in [-0.25, -0.2) is 0 Å². The van der Waals surface area contributed by atoms with E-state index in [2.05, 4.69) is 0 Å². The van der Waals surface area contributed by atoms with Crippen LogP contribution in [0.15, 0.2) is 24.3 Å². The summed E-state index contributed by atoms with van der Waals surface area (Å²) in [6, 6.07) is 5.62. The smallest absolute Gasteiger partial charge is 0.323 e. The molecule has 2 heterocycles. The van der Waals surface area contributed by atoms with Crippen LogP contribution in [0.1, 0.15) is 16.8 Å². The number of amides is 2. The summed E-state index contributed by atoms with van der Waals surface area (Å²) in [7, 11) is 0. The molecule has 0 aromatic heterocycles. The van der Waals surface area contributed by atoms with Crippen molar-refractivity contribution in [2.75, 3.05) is 18.0 Å². The van der Waals surface area contributed by atoms with Crippen LogP contribution in [0.2, 0.25) is 0 Å². The molecule has 0 aliphatic carbocycles. The number of nitrogens with two attached hydrogens (primary N) is 1. The summed E-state index contributed by atoms with van der Waals surface area (Å²) in [5.74, 6) is -1.78. The van der Waals surface area contributed by atoms with E-state index in [4.69, 9.17) is 10.8 Å². The Kier molecular flexibility index (Phi) is 3.13. The van der Waals surface area contributed by atoms with E-state index in [0.717, 1.165) is 4.90 Å².